The minimum Gasteiger partial charge on any atom is -0.394 e. The Morgan fingerprint density at radius 3 is 2.85 bits per heavy atom. The topological polar surface area (TPSA) is 69.6 Å². The van der Waals surface area contributed by atoms with Gasteiger partial charge in [0.25, 0.3) is 5.91 Å². The highest BCUT2D eigenvalue weighted by atomic mass is 19.1. The van der Waals surface area contributed by atoms with Crippen molar-refractivity contribution in [2.45, 2.75) is 18.9 Å². The molecular formula is C14H17FN2O3. The normalized spacial score (nSPS) is 18.1. The second-order valence-corrected chi connectivity index (χ2v) is 4.73. The van der Waals surface area contributed by atoms with Gasteiger partial charge in [-0.3, -0.25) is 9.59 Å². The Morgan fingerprint density at radius 1 is 1.40 bits per heavy atom. The van der Waals surface area contributed by atoms with Crippen molar-refractivity contribution in [3.63, 3.8) is 0 Å². The van der Waals surface area contributed by atoms with E-state index in [-0.39, 0.29) is 30.7 Å². The van der Waals surface area contributed by atoms with Gasteiger partial charge in [0, 0.05) is 6.54 Å². The number of rotatable bonds is 4. The van der Waals surface area contributed by atoms with Crippen molar-refractivity contribution >= 4 is 11.8 Å². The van der Waals surface area contributed by atoms with Gasteiger partial charge >= 0.3 is 0 Å². The van der Waals surface area contributed by atoms with E-state index in [4.69, 9.17) is 5.11 Å². The molecule has 2 amide bonds. The van der Waals surface area contributed by atoms with E-state index in [1.54, 1.807) is 11.0 Å². The van der Waals surface area contributed by atoms with Gasteiger partial charge in [0.2, 0.25) is 5.91 Å². The Balaban J connectivity index is 1.90. The molecule has 0 aromatic heterocycles. The minimum atomic E-state index is -0.619. The summed E-state index contributed by atoms with van der Waals surface area (Å²) in [7, 11) is 0. The Kier molecular flexibility index (Phi) is 4.68. The summed E-state index contributed by atoms with van der Waals surface area (Å²) in [6, 6.07) is 5.43. The number of aliphatic hydroxyl groups is 1. The molecular weight excluding hydrogens is 263 g/mol. The fraction of sp³-hybridized carbons (Fsp3) is 0.429. The number of carbonyl (C=O) groups excluding carboxylic acids is 2. The fourth-order valence-electron chi connectivity index (χ4n) is 2.35. The van der Waals surface area contributed by atoms with E-state index >= 15 is 0 Å². The number of likely N-dealkylation sites (tertiary alicyclic amines) is 1. The van der Waals surface area contributed by atoms with Crippen LogP contribution in [0, 0.1) is 5.82 Å². The predicted molar refractivity (Wildman–Crippen MR) is 70.6 cm³/mol. The number of benzene rings is 1. The van der Waals surface area contributed by atoms with E-state index in [0.29, 0.717) is 6.54 Å². The number of nitrogens with one attached hydrogen (secondary N) is 1. The third kappa shape index (κ3) is 3.14. The van der Waals surface area contributed by atoms with Crippen LogP contribution in [0.1, 0.15) is 23.2 Å². The summed E-state index contributed by atoms with van der Waals surface area (Å²) in [5, 5.41) is 11.6. The van der Waals surface area contributed by atoms with Crippen LogP contribution in [0.2, 0.25) is 0 Å². The summed E-state index contributed by atoms with van der Waals surface area (Å²) < 4.78 is 13.4. The first-order valence-electron chi connectivity index (χ1n) is 6.56. The van der Waals surface area contributed by atoms with Crippen LogP contribution in [-0.4, -0.2) is 47.6 Å². The Hall–Kier alpha value is -1.95. The van der Waals surface area contributed by atoms with Gasteiger partial charge in [-0.25, -0.2) is 4.39 Å². The standard InChI is InChI=1S/C14H17FN2O3/c15-12-6-2-1-5-11(12)14(20)16-8-13(19)17-7-3-4-10(17)9-18/h1-2,5-6,10,18H,3-4,7-9H2,(H,16,20). The molecule has 0 spiro atoms. The van der Waals surface area contributed by atoms with Gasteiger partial charge in [-0.2, -0.15) is 0 Å². The summed E-state index contributed by atoms with van der Waals surface area (Å²) in [5.74, 6) is -1.49. The zero-order chi connectivity index (χ0) is 14.5. The molecule has 108 valence electrons. The summed E-state index contributed by atoms with van der Waals surface area (Å²) in [5.41, 5.74) is -0.0829. The van der Waals surface area contributed by atoms with Gasteiger partial charge < -0.3 is 15.3 Å². The van der Waals surface area contributed by atoms with E-state index in [1.807, 2.05) is 0 Å². The molecule has 1 fully saturated rings. The Morgan fingerprint density at radius 2 is 2.15 bits per heavy atom. The van der Waals surface area contributed by atoms with Crippen molar-refractivity contribution in [3.05, 3.63) is 35.6 Å². The maximum Gasteiger partial charge on any atom is 0.254 e. The smallest absolute Gasteiger partial charge is 0.254 e. The van der Waals surface area contributed by atoms with E-state index < -0.39 is 11.7 Å². The van der Waals surface area contributed by atoms with E-state index in [2.05, 4.69) is 5.32 Å². The molecule has 2 N–H and O–H groups in total. The SMILES string of the molecule is O=C(NCC(=O)N1CCCC1CO)c1ccccc1F. The van der Waals surface area contributed by atoms with Crippen LogP contribution in [0.15, 0.2) is 24.3 Å². The Bertz CT molecular complexity index is 507. The number of hydrogen-bond acceptors (Lipinski definition) is 3. The number of carbonyl (C=O) groups is 2. The molecule has 1 aliphatic heterocycles. The van der Waals surface area contributed by atoms with Gasteiger partial charge in [0.05, 0.1) is 24.8 Å². The first kappa shape index (κ1) is 14.5. The van der Waals surface area contributed by atoms with Crippen molar-refractivity contribution in [1.29, 1.82) is 0 Å². The molecule has 1 unspecified atom stereocenters. The molecule has 1 atom stereocenters. The summed E-state index contributed by atoms with van der Waals surface area (Å²) in [4.78, 5) is 25.3. The fourth-order valence-corrected chi connectivity index (χ4v) is 2.35. The molecule has 1 aliphatic rings. The zero-order valence-corrected chi connectivity index (χ0v) is 11.0. The number of halogens is 1. The second-order valence-electron chi connectivity index (χ2n) is 4.73. The van der Waals surface area contributed by atoms with Crippen molar-refractivity contribution in [3.8, 4) is 0 Å². The first-order valence-corrected chi connectivity index (χ1v) is 6.56. The van der Waals surface area contributed by atoms with Gasteiger partial charge in [0.1, 0.15) is 5.82 Å². The zero-order valence-electron chi connectivity index (χ0n) is 11.0. The summed E-state index contributed by atoms with van der Waals surface area (Å²) >= 11 is 0. The number of hydrogen-bond donors (Lipinski definition) is 2. The second kappa shape index (κ2) is 6.47. The Labute approximate surface area is 116 Å². The van der Waals surface area contributed by atoms with E-state index in [1.165, 1.54) is 18.2 Å². The molecule has 2 rings (SSSR count). The van der Waals surface area contributed by atoms with Gasteiger partial charge in [-0.1, -0.05) is 12.1 Å². The lowest BCUT2D eigenvalue weighted by molar-refractivity contribution is -0.131. The van der Waals surface area contributed by atoms with Crippen molar-refractivity contribution in [2.75, 3.05) is 19.7 Å². The van der Waals surface area contributed by atoms with E-state index in [9.17, 15) is 14.0 Å². The molecule has 1 aromatic rings. The van der Waals surface area contributed by atoms with Crippen molar-refractivity contribution in [2.24, 2.45) is 0 Å². The largest absolute Gasteiger partial charge is 0.394 e. The highest BCUT2D eigenvalue weighted by Gasteiger charge is 2.28. The van der Waals surface area contributed by atoms with Crippen LogP contribution in [-0.2, 0) is 4.79 Å². The van der Waals surface area contributed by atoms with Gasteiger partial charge in [-0.05, 0) is 25.0 Å². The molecule has 0 bridgehead atoms. The van der Waals surface area contributed by atoms with Crippen LogP contribution >= 0.6 is 0 Å². The summed E-state index contributed by atoms with van der Waals surface area (Å²) in [6.07, 6.45) is 1.61. The van der Waals surface area contributed by atoms with Crippen molar-refractivity contribution < 1.29 is 19.1 Å². The molecule has 0 saturated carbocycles. The molecule has 1 aromatic carbocycles. The third-order valence-corrected chi connectivity index (χ3v) is 3.43. The lowest BCUT2D eigenvalue weighted by Crippen LogP contribution is -2.43. The van der Waals surface area contributed by atoms with Crippen molar-refractivity contribution in [1.82, 2.24) is 10.2 Å². The molecule has 20 heavy (non-hydrogen) atoms. The highest BCUT2D eigenvalue weighted by Crippen LogP contribution is 2.16. The molecule has 1 saturated heterocycles. The van der Waals surface area contributed by atoms with Crippen LogP contribution in [0.25, 0.3) is 0 Å². The highest BCUT2D eigenvalue weighted by molar-refractivity contribution is 5.96. The maximum absolute atomic E-state index is 13.4. The lowest BCUT2D eigenvalue weighted by Gasteiger charge is -2.23. The molecule has 5 nitrogen and oxygen atoms in total. The van der Waals surface area contributed by atoms with Crippen LogP contribution < -0.4 is 5.32 Å². The van der Waals surface area contributed by atoms with Crippen LogP contribution in [0.3, 0.4) is 0 Å². The average Bonchev–Trinajstić information content (AvgIpc) is 2.93. The molecule has 6 heteroatoms. The van der Waals surface area contributed by atoms with Gasteiger partial charge in [-0.15, -0.1) is 0 Å². The van der Waals surface area contributed by atoms with Gasteiger partial charge in [0.15, 0.2) is 0 Å². The van der Waals surface area contributed by atoms with Crippen LogP contribution in [0.5, 0.6) is 0 Å². The summed E-state index contributed by atoms with van der Waals surface area (Å²) in [6.45, 7) is 0.316. The third-order valence-electron chi connectivity index (χ3n) is 3.43. The first-order chi connectivity index (χ1) is 9.63. The van der Waals surface area contributed by atoms with Crippen LogP contribution in [0.4, 0.5) is 4.39 Å². The molecule has 0 aliphatic carbocycles. The maximum atomic E-state index is 13.4. The number of nitrogens with zero attached hydrogens (tertiary/aromatic N) is 1. The monoisotopic (exact) mass is 280 g/mol. The molecule has 0 radical (unpaired) electrons. The van der Waals surface area contributed by atoms with E-state index in [0.717, 1.165) is 12.8 Å². The average molecular weight is 280 g/mol. The minimum absolute atomic E-state index is 0.0764. The number of amides is 2. The molecule has 1 heterocycles. The predicted octanol–water partition coefficient (Wildman–Crippen LogP) is 0.539. The lowest BCUT2D eigenvalue weighted by atomic mass is 10.2. The quantitative estimate of drug-likeness (QED) is 0.845. The number of aliphatic hydroxyl groups excluding tert-OH is 1.